The molecule has 2 rings (SSSR count). The summed E-state index contributed by atoms with van der Waals surface area (Å²) in [5.41, 5.74) is 0.309. The molecule has 0 unspecified atom stereocenters. The van der Waals surface area contributed by atoms with Crippen LogP contribution in [0.25, 0.3) is 0 Å². The second-order valence-corrected chi connectivity index (χ2v) is 5.98. The fraction of sp³-hybridized carbons (Fsp3) is 0.238. The zero-order valence-corrected chi connectivity index (χ0v) is 16.3. The van der Waals surface area contributed by atoms with E-state index in [2.05, 4.69) is 5.32 Å². The van der Waals surface area contributed by atoms with E-state index >= 15 is 0 Å². The summed E-state index contributed by atoms with van der Waals surface area (Å²) in [6.07, 6.45) is -0.0219. The smallest absolute Gasteiger partial charge is 0.325 e. The first kappa shape index (κ1) is 22.4. The van der Waals surface area contributed by atoms with E-state index in [9.17, 15) is 18.8 Å². The molecule has 156 valence electrons. The van der Waals surface area contributed by atoms with Crippen LogP contribution in [0.4, 0.5) is 10.1 Å². The lowest BCUT2D eigenvalue weighted by atomic mass is 10.2. The molecule has 2 aromatic carbocycles. The fourth-order valence-electron chi connectivity index (χ4n) is 2.48. The van der Waals surface area contributed by atoms with Crippen molar-refractivity contribution in [3.05, 3.63) is 59.9 Å². The lowest BCUT2D eigenvalue weighted by Crippen LogP contribution is -2.37. The Morgan fingerprint density at radius 2 is 1.83 bits per heavy atom. The summed E-state index contributed by atoms with van der Waals surface area (Å²) < 4.78 is 23.9. The number of halogens is 1. The van der Waals surface area contributed by atoms with Gasteiger partial charge in [-0.3, -0.25) is 14.4 Å². The van der Waals surface area contributed by atoms with Crippen molar-refractivity contribution in [2.75, 3.05) is 31.7 Å². The number of esters is 1. The number of methoxy groups -OCH3 is 1. The summed E-state index contributed by atoms with van der Waals surface area (Å²) in [5, 5.41) is 11.1. The predicted octanol–water partition coefficient (Wildman–Crippen LogP) is 2.05. The molecule has 0 aromatic heterocycles. The molecule has 0 radical (unpaired) electrons. The van der Waals surface area contributed by atoms with Crippen LogP contribution in [0.5, 0.6) is 5.75 Å². The number of nitrogens with zero attached hydrogens (tertiary/aromatic N) is 2. The van der Waals surface area contributed by atoms with Gasteiger partial charge < -0.3 is 19.7 Å². The molecule has 2 aromatic rings. The van der Waals surface area contributed by atoms with Gasteiger partial charge in [0.1, 0.15) is 18.1 Å². The van der Waals surface area contributed by atoms with Crippen molar-refractivity contribution in [2.24, 2.45) is 0 Å². The second-order valence-electron chi connectivity index (χ2n) is 5.98. The van der Waals surface area contributed by atoms with Crippen molar-refractivity contribution in [2.45, 2.75) is 6.42 Å². The predicted molar refractivity (Wildman–Crippen MR) is 105 cm³/mol. The zero-order valence-electron chi connectivity index (χ0n) is 16.3. The van der Waals surface area contributed by atoms with Crippen LogP contribution in [0, 0.1) is 17.1 Å². The third-order valence-electron chi connectivity index (χ3n) is 3.99. The monoisotopic (exact) mass is 413 g/mol. The molecule has 0 aliphatic rings. The zero-order chi connectivity index (χ0) is 21.9. The van der Waals surface area contributed by atoms with E-state index in [0.717, 1.165) is 4.90 Å². The Morgan fingerprint density at radius 1 is 1.13 bits per heavy atom. The van der Waals surface area contributed by atoms with Crippen LogP contribution in [0.2, 0.25) is 0 Å². The van der Waals surface area contributed by atoms with Crippen LogP contribution in [-0.2, 0) is 14.3 Å². The summed E-state index contributed by atoms with van der Waals surface area (Å²) in [6, 6.07) is 13.7. The maximum Gasteiger partial charge on any atom is 0.325 e. The lowest BCUT2D eigenvalue weighted by molar-refractivity contribution is -0.146. The van der Waals surface area contributed by atoms with Gasteiger partial charge in [0, 0.05) is 12.1 Å². The van der Waals surface area contributed by atoms with Crippen LogP contribution < -0.4 is 15.0 Å². The Labute approximate surface area is 172 Å². The van der Waals surface area contributed by atoms with Crippen molar-refractivity contribution in [3.8, 4) is 11.8 Å². The number of hydrogen-bond donors (Lipinski definition) is 1. The molecule has 0 aliphatic heterocycles. The first-order chi connectivity index (χ1) is 14.5. The number of anilines is 1. The Balaban J connectivity index is 1.88. The standard InChI is InChI=1S/C21H20FN3O5/c1-29-16-9-7-15(8-10-16)21(28)24-13-20(27)30-14-19(26)25(12-4-11-23)18-6-3-2-5-17(18)22/h2-3,5-10H,4,12-14H2,1H3,(H,24,28). The van der Waals surface area contributed by atoms with Gasteiger partial charge in [-0.1, -0.05) is 12.1 Å². The Hall–Kier alpha value is -3.93. The molecule has 0 aliphatic carbocycles. The highest BCUT2D eigenvalue weighted by Gasteiger charge is 2.20. The molecule has 0 heterocycles. The molecule has 1 N–H and O–H groups in total. The third kappa shape index (κ3) is 6.31. The maximum absolute atomic E-state index is 14.0. The average Bonchev–Trinajstić information content (AvgIpc) is 2.77. The van der Waals surface area contributed by atoms with Gasteiger partial charge in [-0.2, -0.15) is 5.26 Å². The van der Waals surface area contributed by atoms with Crippen molar-refractivity contribution in [3.63, 3.8) is 0 Å². The molecule has 0 bridgehead atoms. The van der Waals surface area contributed by atoms with Crippen LogP contribution in [-0.4, -0.2) is 44.6 Å². The molecule has 8 nitrogen and oxygen atoms in total. The number of amides is 2. The van der Waals surface area contributed by atoms with Gasteiger partial charge in [-0.25, -0.2) is 4.39 Å². The lowest BCUT2D eigenvalue weighted by Gasteiger charge is -2.22. The van der Waals surface area contributed by atoms with Gasteiger partial charge in [0.15, 0.2) is 6.61 Å². The van der Waals surface area contributed by atoms with Crippen molar-refractivity contribution >= 4 is 23.5 Å². The molecule has 30 heavy (non-hydrogen) atoms. The average molecular weight is 413 g/mol. The first-order valence-electron chi connectivity index (χ1n) is 8.96. The van der Waals surface area contributed by atoms with Gasteiger partial charge in [-0.15, -0.1) is 0 Å². The van der Waals surface area contributed by atoms with Crippen molar-refractivity contribution in [1.82, 2.24) is 5.32 Å². The highest BCUT2D eigenvalue weighted by molar-refractivity contribution is 5.97. The highest BCUT2D eigenvalue weighted by atomic mass is 19.1. The minimum absolute atomic E-state index is 0.0124. The van der Waals surface area contributed by atoms with Crippen molar-refractivity contribution in [1.29, 1.82) is 5.26 Å². The number of nitriles is 1. The first-order valence-corrected chi connectivity index (χ1v) is 8.96. The van der Waals surface area contributed by atoms with Crippen LogP contribution in [0.3, 0.4) is 0 Å². The summed E-state index contributed by atoms with van der Waals surface area (Å²) in [4.78, 5) is 37.3. The highest BCUT2D eigenvalue weighted by Crippen LogP contribution is 2.19. The number of benzene rings is 2. The number of carbonyl (C=O) groups is 3. The van der Waals surface area contributed by atoms with E-state index in [1.54, 1.807) is 18.2 Å². The van der Waals surface area contributed by atoms with Crippen LogP contribution in [0.1, 0.15) is 16.8 Å². The number of para-hydroxylation sites is 1. The molecule has 0 spiro atoms. The number of carbonyl (C=O) groups excluding carboxylic acids is 3. The Morgan fingerprint density at radius 3 is 2.47 bits per heavy atom. The molecular weight excluding hydrogens is 393 g/mol. The van der Waals surface area contributed by atoms with Gasteiger partial charge in [0.05, 0.1) is 25.3 Å². The van der Waals surface area contributed by atoms with Gasteiger partial charge in [0.2, 0.25) is 0 Å². The van der Waals surface area contributed by atoms with Crippen molar-refractivity contribution < 1.29 is 28.2 Å². The molecule has 0 saturated carbocycles. The Bertz CT molecular complexity index is 940. The number of nitrogens with one attached hydrogen (secondary N) is 1. The summed E-state index contributed by atoms with van der Waals surface area (Å²) in [5.74, 6) is -2.07. The molecule has 9 heteroatoms. The largest absolute Gasteiger partial charge is 0.497 e. The van der Waals surface area contributed by atoms with Gasteiger partial charge >= 0.3 is 5.97 Å². The molecular formula is C21H20FN3O5. The van der Waals surface area contributed by atoms with E-state index in [4.69, 9.17) is 14.7 Å². The topological polar surface area (TPSA) is 109 Å². The second kappa shape index (κ2) is 11.2. The molecule has 0 fully saturated rings. The van der Waals surface area contributed by atoms with E-state index in [-0.39, 0.29) is 18.7 Å². The fourth-order valence-corrected chi connectivity index (χ4v) is 2.48. The quantitative estimate of drug-likeness (QED) is 0.631. The van der Waals surface area contributed by atoms with E-state index in [0.29, 0.717) is 11.3 Å². The normalized spacial score (nSPS) is 9.90. The van der Waals surface area contributed by atoms with Crippen LogP contribution in [0.15, 0.2) is 48.5 Å². The minimum atomic E-state index is -0.834. The van der Waals surface area contributed by atoms with E-state index in [1.165, 1.54) is 37.4 Å². The summed E-state index contributed by atoms with van der Waals surface area (Å²) >= 11 is 0. The van der Waals surface area contributed by atoms with Gasteiger partial charge in [0.25, 0.3) is 11.8 Å². The SMILES string of the molecule is COc1ccc(C(=O)NCC(=O)OCC(=O)N(CCC#N)c2ccccc2F)cc1. The number of hydrogen-bond acceptors (Lipinski definition) is 6. The Kier molecular flexibility index (Phi) is 8.32. The van der Waals surface area contributed by atoms with Gasteiger partial charge in [-0.05, 0) is 36.4 Å². The molecule has 0 saturated heterocycles. The summed E-state index contributed by atoms with van der Waals surface area (Å²) in [6.45, 7) is -1.16. The van der Waals surface area contributed by atoms with E-state index < -0.39 is 36.8 Å². The molecule has 2 amide bonds. The number of ether oxygens (including phenoxy) is 2. The third-order valence-corrected chi connectivity index (χ3v) is 3.99. The summed E-state index contributed by atoms with van der Waals surface area (Å²) in [7, 11) is 1.50. The molecule has 0 atom stereocenters. The number of rotatable bonds is 9. The van der Waals surface area contributed by atoms with Crippen LogP contribution >= 0.6 is 0 Å². The van der Waals surface area contributed by atoms with E-state index in [1.807, 2.05) is 6.07 Å². The minimum Gasteiger partial charge on any atom is -0.497 e. The maximum atomic E-state index is 14.0.